The molecule has 2 amide bonds. The minimum atomic E-state index is -0.643. The van der Waals surface area contributed by atoms with Gasteiger partial charge >= 0.3 is 5.97 Å². The predicted molar refractivity (Wildman–Crippen MR) is 81.2 cm³/mol. The summed E-state index contributed by atoms with van der Waals surface area (Å²) in [6, 6.07) is -0.321. The highest BCUT2D eigenvalue weighted by molar-refractivity contribution is 5.85. The zero-order valence-electron chi connectivity index (χ0n) is 13.9. The molecule has 1 fully saturated rings. The fraction of sp³-hybridized carbons (Fsp3) is 0.800. The molecule has 0 aromatic rings. The minimum Gasteiger partial charge on any atom is -0.467 e. The molecule has 0 aromatic carbocycles. The molecule has 0 radical (unpaired) electrons. The van der Waals surface area contributed by atoms with Crippen molar-refractivity contribution >= 4 is 17.8 Å². The van der Waals surface area contributed by atoms with Crippen LogP contribution in [0.5, 0.6) is 0 Å². The van der Waals surface area contributed by atoms with Crippen LogP contribution in [0.3, 0.4) is 0 Å². The highest BCUT2D eigenvalue weighted by Crippen LogP contribution is 2.17. The van der Waals surface area contributed by atoms with E-state index >= 15 is 0 Å². The molecule has 7 heteroatoms. The number of carbonyl (C=O) groups is 3. The Hall–Kier alpha value is -1.63. The molecular formula is C15H28N3O4+. The summed E-state index contributed by atoms with van der Waals surface area (Å²) in [4.78, 5) is 36.2. The number of ether oxygens (including phenoxy) is 1. The lowest BCUT2D eigenvalue weighted by molar-refractivity contribution is -0.862. The van der Waals surface area contributed by atoms with Gasteiger partial charge in [-0.3, -0.25) is 9.59 Å². The van der Waals surface area contributed by atoms with Crippen molar-refractivity contribution in [3.05, 3.63) is 0 Å². The molecule has 1 unspecified atom stereocenters. The van der Waals surface area contributed by atoms with Crippen molar-refractivity contribution in [2.75, 3.05) is 27.2 Å². The van der Waals surface area contributed by atoms with Crippen LogP contribution in [0.4, 0.5) is 0 Å². The van der Waals surface area contributed by atoms with Crippen LogP contribution in [-0.4, -0.2) is 57.1 Å². The van der Waals surface area contributed by atoms with Crippen LogP contribution in [0.15, 0.2) is 0 Å². The number of methoxy groups -OCH3 is 1. The molecule has 22 heavy (non-hydrogen) atoms. The monoisotopic (exact) mass is 314 g/mol. The lowest BCUT2D eigenvalue weighted by Gasteiger charge is -2.22. The maximum absolute atomic E-state index is 12.0. The van der Waals surface area contributed by atoms with E-state index < -0.39 is 12.0 Å². The van der Waals surface area contributed by atoms with Crippen molar-refractivity contribution in [2.45, 2.75) is 45.2 Å². The maximum atomic E-state index is 12.0. The summed E-state index contributed by atoms with van der Waals surface area (Å²) < 4.78 is 4.73. The summed E-state index contributed by atoms with van der Waals surface area (Å²) in [5.74, 6) is -0.742. The zero-order valence-corrected chi connectivity index (χ0v) is 13.9. The number of hydrogen-bond acceptors (Lipinski definition) is 4. The van der Waals surface area contributed by atoms with Crippen molar-refractivity contribution in [1.82, 2.24) is 10.6 Å². The van der Waals surface area contributed by atoms with Gasteiger partial charge in [0, 0.05) is 6.04 Å². The number of carbonyl (C=O) groups excluding carboxylic acids is 3. The van der Waals surface area contributed by atoms with Gasteiger partial charge in [0.1, 0.15) is 6.04 Å². The van der Waals surface area contributed by atoms with Crippen LogP contribution in [-0.2, 0) is 19.1 Å². The van der Waals surface area contributed by atoms with E-state index in [9.17, 15) is 14.4 Å². The Kier molecular flexibility index (Phi) is 7.31. The van der Waals surface area contributed by atoms with Gasteiger partial charge in [0.15, 0.2) is 13.1 Å². The molecule has 3 N–H and O–H groups in total. The Morgan fingerprint density at radius 2 is 1.82 bits per heavy atom. The van der Waals surface area contributed by atoms with Crippen molar-refractivity contribution in [1.29, 1.82) is 0 Å². The average Bonchev–Trinajstić information content (AvgIpc) is 3.26. The van der Waals surface area contributed by atoms with E-state index in [2.05, 4.69) is 10.6 Å². The van der Waals surface area contributed by atoms with Crippen LogP contribution in [0, 0.1) is 5.92 Å². The molecule has 1 aliphatic carbocycles. The molecule has 0 bridgehead atoms. The Morgan fingerprint density at radius 1 is 1.23 bits per heavy atom. The molecule has 0 heterocycles. The van der Waals surface area contributed by atoms with Crippen LogP contribution >= 0.6 is 0 Å². The average molecular weight is 314 g/mol. The van der Waals surface area contributed by atoms with Gasteiger partial charge in [0.05, 0.1) is 14.2 Å². The zero-order chi connectivity index (χ0) is 16.7. The van der Waals surface area contributed by atoms with E-state index in [1.165, 1.54) is 7.11 Å². The number of nitrogens with one attached hydrogen (secondary N) is 3. The van der Waals surface area contributed by atoms with Crippen LogP contribution in [0.1, 0.15) is 33.1 Å². The Bertz CT molecular complexity index is 410. The summed E-state index contributed by atoms with van der Waals surface area (Å²) in [7, 11) is 3.09. The van der Waals surface area contributed by atoms with Gasteiger partial charge < -0.3 is 20.3 Å². The number of amides is 2. The standard InChI is InChI=1S/C15H27N3O4/c1-5-10(2)14(15(21)22-4)17-13(20)9-18(3)8-12(19)16-11-6-7-11/h10-11,14H,5-9H2,1-4H3,(H,16,19)(H,17,20)/p+1/t10-,14+/m0/s1. The van der Waals surface area contributed by atoms with Gasteiger partial charge in [-0.05, 0) is 18.8 Å². The van der Waals surface area contributed by atoms with Crippen LogP contribution in [0.25, 0.3) is 0 Å². The first-order valence-electron chi connectivity index (χ1n) is 7.85. The molecule has 0 spiro atoms. The molecule has 126 valence electrons. The van der Waals surface area contributed by atoms with Crippen LogP contribution in [0.2, 0.25) is 0 Å². The van der Waals surface area contributed by atoms with Crippen molar-refractivity contribution < 1.29 is 24.0 Å². The quantitative estimate of drug-likeness (QED) is 0.451. The van der Waals surface area contributed by atoms with Crippen LogP contribution < -0.4 is 15.5 Å². The summed E-state index contributed by atoms with van der Waals surface area (Å²) in [5.41, 5.74) is 0. The first kappa shape index (κ1) is 18.4. The molecule has 0 aliphatic heterocycles. The second-order valence-electron chi connectivity index (χ2n) is 6.11. The number of hydrogen-bond donors (Lipinski definition) is 3. The molecule has 0 aromatic heterocycles. The van der Waals surface area contributed by atoms with Gasteiger partial charge in [0.2, 0.25) is 0 Å². The highest BCUT2D eigenvalue weighted by Gasteiger charge is 2.28. The second kappa shape index (κ2) is 8.73. The smallest absolute Gasteiger partial charge is 0.328 e. The summed E-state index contributed by atoms with van der Waals surface area (Å²) in [6.07, 6.45) is 2.84. The molecule has 1 aliphatic rings. The van der Waals surface area contributed by atoms with Crippen molar-refractivity contribution in [3.63, 3.8) is 0 Å². The summed E-state index contributed by atoms with van der Waals surface area (Å²) in [5, 5.41) is 5.60. The number of esters is 1. The SMILES string of the molecule is CC[C@H](C)[C@@H](NC(=O)C[NH+](C)CC(=O)NC1CC1)C(=O)OC. The summed E-state index contributed by atoms with van der Waals surface area (Å²) in [6.45, 7) is 4.23. The highest BCUT2D eigenvalue weighted by atomic mass is 16.5. The van der Waals surface area contributed by atoms with Crippen molar-refractivity contribution in [2.24, 2.45) is 5.92 Å². The Morgan fingerprint density at radius 3 is 2.32 bits per heavy atom. The maximum Gasteiger partial charge on any atom is 0.328 e. The summed E-state index contributed by atoms with van der Waals surface area (Å²) >= 11 is 0. The fourth-order valence-electron chi connectivity index (χ4n) is 2.14. The van der Waals surface area contributed by atoms with Gasteiger partial charge in [-0.2, -0.15) is 0 Å². The molecule has 7 nitrogen and oxygen atoms in total. The first-order valence-corrected chi connectivity index (χ1v) is 7.85. The Balaban J connectivity index is 2.40. The largest absolute Gasteiger partial charge is 0.467 e. The lowest BCUT2D eigenvalue weighted by Crippen LogP contribution is -3.11. The third kappa shape index (κ3) is 6.43. The number of likely N-dealkylation sites (N-methyl/N-ethyl adjacent to an activating group) is 1. The van der Waals surface area contributed by atoms with E-state index in [-0.39, 0.29) is 30.8 Å². The van der Waals surface area contributed by atoms with E-state index in [4.69, 9.17) is 4.74 Å². The van der Waals surface area contributed by atoms with Gasteiger partial charge in [-0.15, -0.1) is 0 Å². The van der Waals surface area contributed by atoms with E-state index in [0.717, 1.165) is 24.2 Å². The minimum absolute atomic E-state index is 0.00475. The first-order chi connectivity index (χ1) is 10.4. The van der Waals surface area contributed by atoms with Crippen molar-refractivity contribution in [3.8, 4) is 0 Å². The van der Waals surface area contributed by atoms with E-state index in [0.29, 0.717) is 6.04 Å². The molecule has 1 saturated carbocycles. The van der Waals surface area contributed by atoms with E-state index in [1.807, 2.05) is 13.8 Å². The molecular weight excluding hydrogens is 286 g/mol. The second-order valence-corrected chi connectivity index (χ2v) is 6.11. The topological polar surface area (TPSA) is 88.9 Å². The molecule has 0 saturated heterocycles. The third-order valence-electron chi connectivity index (χ3n) is 3.85. The predicted octanol–water partition coefficient (Wildman–Crippen LogP) is -1.52. The Labute approximate surface area is 131 Å². The van der Waals surface area contributed by atoms with E-state index in [1.54, 1.807) is 7.05 Å². The van der Waals surface area contributed by atoms with Gasteiger partial charge in [-0.1, -0.05) is 20.3 Å². The van der Waals surface area contributed by atoms with Gasteiger partial charge in [-0.25, -0.2) is 4.79 Å². The normalized spacial score (nSPS) is 18.0. The lowest BCUT2D eigenvalue weighted by atomic mass is 9.99. The number of quaternary nitrogens is 1. The number of rotatable bonds is 9. The fourth-order valence-corrected chi connectivity index (χ4v) is 2.14. The third-order valence-corrected chi connectivity index (χ3v) is 3.85. The molecule has 3 atom stereocenters. The van der Waals surface area contributed by atoms with Gasteiger partial charge in [0.25, 0.3) is 11.8 Å². The molecule has 1 rings (SSSR count).